The molecule has 1 amide bonds. The van der Waals surface area contributed by atoms with Crippen molar-refractivity contribution < 1.29 is 24.1 Å². The summed E-state index contributed by atoms with van der Waals surface area (Å²) in [5, 5.41) is 12.9. The molecule has 30 heavy (non-hydrogen) atoms. The van der Waals surface area contributed by atoms with Crippen molar-refractivity contribution in [2.75, 3.05) is 7.11 Å². The van der Waals surface area contributed by atoms with E-state index < -0.39 is 11.9 Å². The molecule has 0 unspecified atom stereocenters. The Morgan fingerprint density at radius 1 is 1.30 bits per heavy atom. The molecule has 0 aromatic carbocycles. The van der Waals surface area contributed by atoms with Crippen molar-refractivity contribution in [1.82, 2.24) is 20.6 Å². The summed E-state index contributed by atoms with van der Waals surface area (Å²) in [4.78, 5) is 31.8. The molecule has 1 aliphatic carbocycles. The molecule has 2 aromatic rings. The monoisotopic (exact) mass is 416 g/mol. The first-order valence-corrected chi connectivity index (χ1v) is 10.4. The van der Waals surface area contributed by atoms with E-state index in [2.05, 4.69) is 19.9 Å². The van der Waals surface area contributed by atoms with Crippen molar-refractivity contribution in [3.63, 3.8) is 0 Å². The molecule has 1 atom stereocenters. The summed E-state index contributed by atoms with van der Waals surface area (Å²) < 4.78 is 10.1. The molecule has 2 heterocycles. The first kappa shape index (κ1) is 21.9. The van der Waals surface area contributed by atoms with Crippen LogP contribution in [0.1, 0.15) is 80.1 Å². The number of hydrogen-bond donors (Lipinski definition) is 2. The zero-order valence-corrected chi connectivity index (χ0v) is 17.2. The van der Waals surface area contributed by atoms with E-state index in [9.17, 15) is 9.59 Å². The number of aromatic nitrogens is 3. The molecule has 2 aromatic heterocycles. The molecule has 1 aliphatic rings. The summed E-state index contributed by atoms with van der Waals surface area (Å²) in [5.74, 6) is 0.155. The highest BCUT2D eigenvalue weighted by molar-refractivity contribution is 5.87. The van der Waals surface area contributed by atoms with Crippen LogP contribution in [-0.2, 0) is 9.53 Å². The smallest absolute Gasteiger partial charge is 0.356 e. The second-order valence-electron chi connectivity index (χ2n) is 7.75. The van der Waals surface area contributed by atoms with Crippen LogP contribution in [0.2, 0.25) is 0 Å². The van der Waals surface area contributed by atoms with Gasteiger partial charge >= 0.3 is 5.97 Å². The minimum absolute atomic E-state index is 0.0718. The van der Waals surface area contributed by atoms with Crippen LogP contribution in [0, 0.1) is 5.92 Å². The Morgan fingerprint density at radius 3 is 2.77 bits per heavy atom. The van der Waals surface area contributed by atoms with Crippen molar-refractivity contribution in [2.24, 2.45) is 5.92 Å². The van der Waals surface area contributed by atoms with Gasteiger partial charge in [-0.15, -0.1) is 0 Å². The molecular formula is C21H28N4O5. The van der Waals surface area contributed by atoms with Gasteiger partial charge in [-0.05, 0) is 24.5 Å². The number of hydrogen-bond acceptors (Lipinski definition) is 8. The molecule has 9 heteroatoms. The average Bonchev–Trinajstić information content (AvgIpc) is 3.28. The van der Waals surface area contributed by atoms with E-state index >= 15 is 0 Å². The molecule has 0 aliphatic heterocycles. The number of amides is 1. The van der Waals surface area contributed by atoms with Gasteiger partial charge in [0.2, 0.25) is 17.6 Å². The second-order valence-corrected chi connectivity index (χ2v) is 7.75. The van der Waals surface area contributed by atoms with Crippen LogP contribution in [0.25, 0.3) is 11.4 Å². The predicted molar refractivity (Wildman–Crippen MR) is 107 cm³/mol. The number of rotatable bonds is 9. The molecule has 0 bridgehead atoms. The quantitative estimate of drug-likeness (QED) is 0.360. The number of carbonyl (C=O) groups excluding carboxylic acids is 2. The standard InChI is InChI=1S/C21H28N4O5/c1-29-21(27)17-11-10-16(13-22-17)19-23-20(30-25-19)15(12-18(26)24-28)9-5-8-14-6-3-2-4-7-14/h10-11,13-15,28H,2-9,12H2,1H3,(H,24,26)/t15-/m1/s1. The zero-order valence-electron chi connectivity index (χ0n) is 17.2. The zero-order chi connectivity index (χ0) is 21.3. The molecule has 1 fully saturated rings. The molecule has 162 valence electrons. The number of esters is 1. The summed E-state index contributed by atoms with van der Waals surface area (Å²) in [6.45, 7) is 0. The van der Waals surface area contributed by atoms with Gasteiger partial charge in [0.1, 0.15) is 5.69 Å². The van der Waals surface area contributed by atoms with Crippen LogP contribution in [-0.4, -0.2) is 39.3 Å². The largest absolute Gasteiger partial charge is 0.464 e. The van der Waals surface area contributed by atoms with E-state index in [1.54, 1.807) is 11.5 Å². The molecule has 1 saturated carbocycles. The van der Waals surface area contributed by atoms with Crippen molar-refractivity contribution in [2.45, 2.75) is 63.7 Å². The Morgan fingerprint density at radius 2 is 2.10 bits per heavy atom. The van der Waals surface area contributed by atoms with Gasteiger partial charge in [-0.3, -0.25) is 10.0 Å². The minimum Gasteiger partial charge on any atom is -0.464 e. The molecule has 0 radical (unpaired) electrons. The van der Waals surface area contributed by atoms with E-state index in [-0.39, 0.29) is 18.0 Å². The second kappa shape index (κ2) is 10.8. The molecule has 0 saturated heterocycles. The summed E-state index contributed by atoms with van der Waals surface area (Å²) in [6, 6.07) is 3.18. The SMILES string of the molecule is COC(=O)c1ccc(-c2noc([C@H](CCCC3CCCCC3)CC(=O)NO)n2)cn1. The fourth-order valence-corrected chi connectivity index (χ4v) is 3.98. The average molecular weight is 416 g/mol. The number of nitrogens with zero attached hydrogens (tertiary/aromatic N) is 3. The number of nitrogens with one attached hydrogen (secondary N) is 1. The Labute approximate surface area is 175 Å². The Balaban J connectivity index is 1.66. The summed E-state index contributed by atoms with van der Waals surface area (Å²) >= 11 is 0. The van der Waals surface area contributed by atoms with Crippen molar-refractivity contribution in [3.05, 3.63) is 29.9 Å². The van der Waals surface area contributed by atoms with Crippen molar-refractivity contribution in [3.8, 4) is 11.4 Å². The van der Waals surface area contributed by atoms with E-state index in [0.717, 1.165) is 25.2 Å². The van der Waals surface area contributed by atoms with Gasteiger partial charge in [0.05, 0.1) is 7.11 Å². The van der Waals surface area contributed by atoms with Gasteiger partial charge in [-0.1, -0.05) is 50.1 Å². The van der Waals surface area contributed by atoms with Crippen LogP contribution >= 0.6 is 0 Å². The molecule has 3 rings (SSSR count). The third-order valence-corrected chi connectivity index (χ3v) is 5.65. The van der Waals surface area contributed by atoms with Crippen LogP contribution < -0.4 is 5.48 Å². The molecular weight excluding hydrogens is 388 g/mol. The lowest BCUT2D eigenvalue weighted by Gasteiger charge is -2.22. The van der Waals surface area contributed by atoms with Gasteiger partial charge in [0, 0.05) is 24.1 Å². The molecule has 2 N–H and O–H groups in total. The van der Waals surface area contributed by atoms with E-state index in [1.807, 2.05) is 0 Å². The van der Waals surface area contributed by atoms with E-state index in [0.29, 0.717) is 17.3 Å². The first-order chi connectivity index (χ1) is 14.6. The normalized spacial score (nSPS) is 15.5. The lowest BCUT2D eigenvalue weighted by molar-refractivity contribution is -0.129. The number of ether oxygens (including phenoxy) is 1. The maximum Gasteiger partial charge on any atom is 0.356 e. The Kier molecular flexibility index (Phi) is 7.89. The van der Waals surface area contributed by atoms with Gasteiger partial charge in [-0.25, -0.2) is 15.3 Å². The lowest BCUT2D eigenvalue weighted by Crippen LogP contribution is -2.21. The molecule has 0 spiro atoms. The highest BCUT2D eigenvalue weighted by Crippen LogP contribution is 2.31. The summed E-state index contributed by atoms with van der Waals surface area (Å²) in [5.41, 5.74) is 2.46. The third-order valence-electron chi connectivity index (χ3n) is 5.65. The van der Waals surface area contributed by atoms with Gasteiger partial charge in [0.25, 0.3) is 0 Å². The fraction of sp³-hybridized carbons (Fsp3) is 0.571. The summed E-state index contributed by atoms with van der Waals surface area (Å²) in [7, 11) is 1.29. The van der Waals surface area contributed by atoms with E-state index in [1.165, 1.54) is 51.5 Å². The maximum absolute atomic E-state index is 11.8. The number of methoxy groups -OCH3 is 1. The Bertz CT molecular complexity index is 830. The number of pyridine rings is 1. The Hall–Kier alpha value is -2.81. The van der Waals surface area contributed by atoms with E-state index in [4.69, 9.17) is 9.73 Å². The van der Waals surface area contributed by atoms with Crippen LogP contribution in [0.15, 0.2) is 22.9 Å². The highest BCUT2D eigenvalue weighted by atomic mass is 16.5. The van der Waals surface area contributed by atoms with Crippen molar-refractivity contribution >= 4 is 11.9 Å². The van der Waals surface area contributed by atoms with Gasteiger partial charge in [0.15, 0.2) is 0 Å². The third kappa shape index (κ3) is 5.85. The topological polar surface area (TPSA) is 127 Å². The van der Waals surface area contributed by atoms with Gasteiger partial charge in [-0.2, -0.15) is 4.98 Å². The van der Waals surface area contributed by atoms with Crippen molar-refractivity contribution in [1.29, 1.82) is 0 Å². The fourth-order valence-electron chi connectivity index (χ4n) is 3.98. The maximum atomic E-state index is 11.8. The van der Waals surface area contributed by atoms with Gasteiger partial charge < -0.3 is 9.26 Å². The first-order valence-electron chi connectivity index (χ1n) is 10.4. The predicted octanol–water partition coefficient (Wildman–Crippen LogP) is 3.65. The van der Waals surface area contributed by atoms with Crippen LogP contribution in [0.5, 0.6) is 0 Å². The number of carbonyl (C=O) groups is 2. The minimum atomic E-state index is -0.525. The highest BCUT2D eigenvalue weighted by Gasteiger charge is 2.24. The number of hydroxylamine groups is 1. The lowest BCUT2D eigenvalue weighted by atomic mass is 9.84. The molecule has 9 nitrogen and oxygen atoms in total. The van der Waals surface area contributed by atoms with Crippen LogP contribution in [0.3, 0.4) is 0 Å². The summed E-state index contributed by atoms with van der Waals surface area (Å²) in [6.07, 6.45) is 10.8. The van der Waals surface area contributed by atoms with Crippen LogP contribution in [0.4, 0.5) is 0 Å².